The van der Waals surface area contributed by atoms with Crippen molar-refractivity contribution in [3.8, 4) is 0 Å². The maximum atomic E-state index is 12.4. The largest absolute Gasteiger partial charge is 0.348 e. The Morgan fingerprint density at radius 1 is 0.966 bits per heavy atom. The minimum atomic E-state index is -3.32. The fourth-order valence-electron chi connectivity index (χ4n) is 2.39. The van der Waals surface area contributed by atoms with Crippen LogP contribution in [0.15, 0.2) is 48.5 Å². The lowest BCUT2D eigenvalue weighted by Gasteiger charge is -2.18. The van der Waals surface area contributed by atoms with Gasteiger partial charge >= 0.3 is 0 Å². The standard InChI is InChI=1S/C21H27N3O4S/c1-21(2,3)20(26)24-18-7-5-6-17(12-18)19(25)23-13-15-8-10-16(11-9-15)14-29(27,28)22-4/h5-12,22H,13-14H2,1-4H3,(H,23,25)(H,24,26). The molecule has 2 rings (SSSR count). The lowest BCUT2D eigenvalue weighted by atomic mass is 9.95. The van der Waals surface area contributed by atoms with Crippen molar-refractivity contribution >= 4 is 27.5 Å². The van der Waals surface area contributed by atoms with Crippen LogP contribution in [0.5, 0.6) is 0 Å². The van der Waals surface area contributed by atoms with Crippen LogP contribution in [-0.2, 0) is 27.1 Å². The first kappa shape index (κ1) is 22.6. The first-order valence-electron chi connectivity index (χ1n) is 9.19. The van der Waals surface area contributed by atoms with Crippen molar-refractivity contribution in [3.63, 3.8) is 0 Å². The minimum absolute atomic E-state index is 0.0940. The van der Waals surface area contributed by atoms with E-state index in [2.05, 4.69) is 15.4 Å². The predicted octanol–water partition coefficient (Wildman–Crippen LogP) is 2.65. The van der Waals surface area contributed by atoms with Gasteiger partial charge < -0.3 is 10.6 Å². The summed E-state index contributed by atoms with van der Waals surface area (Å²) in [5.41, 5.74) is 1.98. The maximum absolute atomic E-state index is 12.4. The van der Waals surface area contributed by atoms with Crippen LogP contribution in [0.2, 0.25) is 0 Å². The Balaban J connectivity index is 1.97. The van der Waals surface area contributed by atoms with Gasteiger partial charge in [-0.2, -0.15) is 0 Å². The third kappa shape index (κ3) is 6.99. The molecular formula is C21H27N3O4S. The van der Waals surface area contributed by atoms with Gasteiger partial charge in [0.25, 0.3) is 5.91 Å². The van der Waals surface area contributed by atoms with Crippen LogP contribution in [0.4, 0.5) is 5.69 Å². The number of carbonyl (C=O) groups excluding carboxylic acids is 2. The Morgan fingerprint density at radius 2 is 1.59 bits per heavy atom. The SMILES string of the molecule is CNS(=O)(=O)Cc1ccc(CNC(=O)c2cccc(NC(=O)C(C)(C)C)c2)cc1. The second-order valence-corrected chi connectivity index (χ2v) is 9.67. The van der Waals surface area contributed by atoms with E-state index in [1.165, 1.54) is 7.05 Å². The molecule has 7 nitrogen and oxygen atoms in total. The Bertz CT molecular complexity index is 978. The van der Waals surface area contributed by atoms with E-state index in [1.54, 1.807) is 48.5 Å². The lowest BCUT2D eigenvalue weighted by Crippen LogP contribution is -2.28. The van der Waals surface area contributed by atoms with Crippen molar-refractivity contribution in [2.45, 2.75) is 33.1 Å². The van der Waals surface area contributed by atoms with E-state index in [4.69, 9.17) is 0 Å². The van der Waals surface area contributed by atoms with E-state index in [-0.39, 0.29) is 17.6 Å². The maximum Gasteiger partial charge on any atom is 0.251 e. The first-order chi connectivity index (χ1) is 13.5. The van der Waals surface area contributed by atoms with Gasteiger partial charge in [-0.25, -0.2) is 13.1 Å². The lowest BCUT2D eigenvalue weighted by molar-refractivity contribution is -0.123. The number of hydrogen-bond donors (Lipinski definition) is 3. The third-order valence-corrected chi connectivity index (χ3v) is 5.54. The fraction of sp³-hybridized carbons (Fsp3) is 0.333. The molecule has 0 aliphatic rings. The van der Waals surface area contributed by atoms with Gasteiger partial charge in [0.1, 0.15) is 0 Å². The van der Waals surface area contributed by atoms with Crippen LogP contribution in [0.1, 0.15) is 42.3 Å². The van der Waals surface area contributed by atoms with Crippen molar-refractivity contribution in [2.24, 2.45) is 5.41 Å². The molecule has 2 aromatic carbocycles. The summed E-state index contributed by atoms with van der Waals surface area (Å²) in [6.45, 7) is 5.76. The summed E-state index contributed by atoms with van der Waals surface area (Å²) < 4.78 is 25.4. The van der Waals surface area contributed by atoms with E-state index >= 15 is 0 Å². The first-order valence-corrected chi connectivity index (χ1v) is 10.8. The number of hydrogen-bond acceptors (Lipinski definition) is 4. The summed E-state index contributed by atoms with van der Waals surface area (Å²) in [5.74, 6) is -0.488. The van der Waals surface area contributed by atoms with Crippen LogP contribution < -0.4 is 15.4 Å². The molecule has 2 aromatic rings. The van der Waals surface area contributed by atoms with Gasteiger partial charge in [0.2, 0.25) is 15.9 Å². The van der Waals surface area contributed by atoms with Crippen molar-refractivity contribution in [1.82, 2.24) is 10.0 Å². The predicted molar refractivity (Wildman–Crippen MR) is 114 cm³/mol. The van der Waals surface area contributed by atoms with E-state index in [0.717, 1.165) is 5.56 Å². The molecule has 2 amide bonds. The van der Waals surface area contributed by atoms with Gasteiger partial charge in [-0.3, -0.25) is 9.59 Å². The van der Waals surface area contributed by atoms with Crippen LogP contribution in [0.3, 0.4) is 0 Å². The molecule has 3 N–H and O–H groups in total. The Hall–Kier alpha value is -2.71. The van der Waals surface area contributed by atoms with Crippen molar-refractivity contribution in [1.29, 1.82) is 0 Å². The van der Waals surface area contributed by atoms with E-state index in [1.807, 2.05) is 20.8 Å². The van der Waals surface area contributed by atoms with E-state index in [9.17, 15) is 18.0 Å². The molecule has 0 aromatic heterocycles. The second-order valence-electron chi connectivity index (χ2n) is 7.75. The third-order valence-electron chi connectivity index (χ3n) is 4.21. The molecular weight excluding hydrogens is 390 g/mol. The van der Waals surface area contributed by atoms with Crippen LogP contribution in [0.25, 0.3) is 0 Å². The van der Waals surface area contributed by atoms with Crippen LogP contribution >= 0.6 is 0 Å². The highest BCUT2D eigenvalue weighted by Gasteiger charge is 2.21. The highest BCUT2D eigenvalue weighted by Crippen LogP contribution is 2.18. The Kier molecular flexibility index (Phi) is 7.16. The fourth-order valence-corrected chi connectivity index (χ4v) is 3.16. The molecule has 0 spiro atoms. The normalized spacial score (nSPS) is 11.7. The number of benzene rings is 2. The molecule has 0 fully saturated rings. The molecule has 0 saturated carbocycles. The molecule has 0 saturated heterocycles. The number of anilines is 1. The van der Waals surface area contributed by atoms with Gasteiger partial charge in [-0.15, -0.1) is 0 Å². The molecule has 0 aliphatic carbocycles. The average Bonchev–Trinajstić information content (AvgIpc) is 2.66. The van der Waals surface area contributed by atoms with Gasteiger partial charge in [0.05, 0.1) is 5.75 Å². The van der Waals surface area contributed by atoms with Crippen molar-refractivity contribution in [3.05, 3.63) is 65.2 Å². The van der Waals surface area contributed by atoms with E-state index < -0.39 is 15.4 Å². The molecule has 156 valence electrons. The number of amides is 2. The molecule has 29 heavy (non-hydrogen) atoms. The Morgan fingerprint density at radius 3 is 2.17 bits per heavy atom. The zero-order valence-electron chi connectivity index (χ0n) is 17.1. The van der Waals surface area contributed by atoms with Crippen molar-refractivity contribution in [2.75, 3.05) is 12.4 Å². The van der Waals surface area contributed by atoms with E-state index in [0.29, 0.717) is 23.4 Å². The van der Waals surface area contributed by atoms with Crippen molar-refractivity contribution < 1.29 is 18.0 Å². The van der Waals surface area contributed by atoms with Gasteiger partial charge in [-0.1, -0.05) is 51.1 Å². The quantitative estimate of drug-likeness (QED) is 0.644. The Labute approximate surface area is 172 Å². The van der Waals surface area contributed by atoms with Gasteiger partial charge in [0.15, 0.2) is 0 Å². The molecule has 0 heterocycles. The highest BCUT2D eigenvalue weighted by molar-refractivity contribution is 7.88. The molecule has 0 radical (unpaired) electrons. The highest BCUT2D eigenvalue weighted by atomic mass is 32.2. The van der Waals surface area contributed by atoms with Crippen LogP contribution in [0, 0.1) is 5.41 Å². The number of sulfonamides is 1. The zero-order chi connectivity index (χ0) is 21.7. The molecule has 0 bridgehead atoms. The molecule has 0 unspecified atom stereocenters. The van der Waals surface area contributed by atoms with Gasteiger partial charge in [0, 0.05) is 23.2 Å². The smallest absolute Gasteiger partial charge is 0.251 e. The zero-order valence-corrected chi connectivity index (χ0v) is 17.9. The molecule has 0 aliphatic heterocycles. The monoisotopic (exact) mass is 417 g/mol. The topological polar surface area (TPSA) is 104 Å². The van der Waals surface area contributed by atoms with Crippen LogP contribution in [-0.4, -0.2) is 27.3 Å². The summed E-state index contributed by atoms with van der Waals surface area (Å²) in [7, 11) is -1.94. The number of nitrogens with one attached hydrogen (secondary N) is 3. The summed E-state index contributed by atoms with van der Waals surface area (Å²) in [5, 5.41) is 5.63. The minimum Gasteiger partial charge on any atom is -0.348 e. The summed E-state index contributed by atoms with van der Waals surface area (Å²) in [4.78, 5) is 24.5. The number of carbonyl (C=O) groups is 2. The molecule has 8 heteroatoms. The summed E-state index contributed by atoms with van der Waals surface area (Å²) in [6, 6.07) is 13.8. The summed E-state index contributed by atoms with van der Waals surface area (Å²) in [6.07, 6.45) is 0. The average molecular weight is 418 g/mol. The summed E-state index contributed by atoms with van der Waals surface area (Å²) >= 11 is 0. The number of rotatable bonds is 7. The van der Waals surface area contributed by atoms with Gasteiger partial charge in [-0.05, 0) is 36.4 Å². The molecule has 0 atom stereocenters. The second kappa shape index (κ2) is 9.19.